The maximum atomic E-state index is 12.4. The van der Waals surface area contributed by atoms with Gasteiger partial charge >= 0.3 is 0 Å². The fraction of sp³-hybridized carbons (Fsp3) is 0.312. The summed E-state index contributed by atoms with van der Waals surface area (Å²) in [4.78, 5) is 12.2. The third-order valence-corrected chi connectivity index (χ3v) is 5.06. The van der Waals surface area contributed by atoms with Crippen molar-refractivity contribution in [1.29, 1.82) is 0 Å². The molecule has 0 aliphatic rings. The van der Waals surface area contributed by atoms with Crippen molar-refractivity contribution < 1.29 is 17.6 Å². The zero-order valence-corrected chi connectivity index (χ0v) is 14.1. The van der Waals surface area contributed by atoms with Crippen LogP contribution in [-0.2, 0) is 21.4 Å². The number of hydrogen-bond donors (Lipinski definition) is 2. The first-order valence-corrected chi connectivity index (χ1v) is 8.67. The van der Waals surface area contributed by atoms with Gasteiger partial charge in [-0.1, -0.05) is 12.1 Å². The molecule has 2 aromatic rings. The number of carbonyl (C=O) groups excluding carboxylic acids is 1. The number of benzene rings is 1. The van der Waals surface area contributed by atoms with Crippen LogP contribution in [0.2, 0.25) is 0 Å². The molecule has 0 saturated carbocycles. The molecule has 2 N–H and O–H groups in total. The highest BCUT2D eigenvalue weighted by Gasteiger charge is 2.23. The largest absolute Gasteiger partial charge is 0.467 e. The van der Waals surface area contributed by atoms with Crippen molar-refractivity contribution >= 4 is 15.9 Å². The molecule has 6 nitrogen and oxygen atoms in total. The Morgan fingerprint density at radius 2 is 2.00 bits per heavy atom. The molecule has 2 rings (SSSR count). The van der Waals surface area contributed by atoms with Crippen molar-refractivity contribution in [2.45, 2.75) is 38.3 Å². The predicted octanol–water partition coefficient (Wildman–Crippen LogP) is 1.88. The Morgan fingerprint density at radius 3 is 2.65 bits per heavy atom. The van der Waals surface area contributed by atoms with E-state index < -0.39 is 22.0 Å². The minimum absolute atomic E-state index is 0.184. The summed E-state index contributed by atoms with van der Waals surface area (Å²) in [6, 6.07) is 7.72. The Labute approximate surface area is 135 Å². The molecule has 0 aliphatic carbocycles. The molecule has 0 aliphatic heterocycles. The van der Waals surface area contributed by atoms with Gasteiger partial charge in [0, 0.05) is 0 Å². The summed E-state index contributed by atoms with van der Waals surface area (Å²) in [5.41, 5.74) is 1.47. The molecule has 124 valence electrons. The summed E-state index contributed by atoms with van der Waals surface area (Å²) in [5, 5.41) is 2.63. The Bertz CT molecular complexity index is 782. The Kier molecular flexibility index (Phi) is 5.23. The topological polar surface area (TPSA) is 88.4 Å². The number of carbonyl (C=O) groups is 1. The molecule has 0 unspecified atom stereocenters. The highest BCUT2D eigenvalue weighted by molar-refractivity contribution is 7.89. The van der Waals surface area contributed by atoms with Crippen LogP contribution in [0, 0.1) is 13.8 Å². The van der Waals surface area contributed by atoms with E-state index in [1.165, 1.54) is 13.2 Å². The average molecular weight is 336 g/mol. The second-order valence-corrected chi connectivity index (χ2v) is 7.09. The maximum Gasteiger partial charge on any atom is 0.241 e. The molecule has 1 heterocycles. The lowest BCUT2D eigenvalue weighted by atomic mass is 10.2. The van der Waals surface area contributed by atoms with Gasteiger partial charge in [0.05, 0.1) is 23.7 Å². The molecule has 0 spiro atoms. The normalized spacial score (nSPS) is 12.8. The molecule has 0 saturated heterocycles. The highest BCUT2D eigenvalue weighted by Crippen LogP contribution is 2.17. The minimum atomic E-state index is -3.76. The standard InChI is InChI=1S/C16H20N2O4S/c1-11-6-7-12(2)15(9-11)23(20,21)18-13(3)16(19)17-10-14-5-4-8-22-14/h4-9,13,18H,10H2,1-3H3,(H,17,19)/t13-/m1/s1. The van der Waals surface area contributed by atoms with Crippen molar-refractivity contribution in [2.24, 2.45) is 0 Å². The lowest BCUT2D eigenvalue weighted by Gasteiger charge is -2.15. The minimum Gasteiger partial charge on any atom is -0.467 e. The highest BCUT2D eigenvalue weighted by atomic mass is 32.2. The van der Waals surface area contributed by atoms with Crippen LogP contribution in [-0.4, -0.2) is 20.4 Å². The molecule has 0 bridgehead atoms. The first-order chi connectivity index (χ1) is 10.8. The van der Waals surface area contributed by atoms with Gasteiger partial charge in [0.1, 0.15) is 5.76 Å². The van der Waals surface area contributed by atoms with E-state index in [4.69, 9.17) is 4.42 Å². The van der Waals surface area contributed by atoms with E-state index in [-0.39, 0.29) is 11.4 Å². The second kappa shape index (κ2) is 6.97. The second-order valence-electron chi connectivity index (χ2n) is 5.41. The molecule has 1 atom stereocenters. The van der Waals surface area contributed by atoms with Crippen molar-refractivity contribution in [3.8, 4) is 0 Å². The summed E-state index contributed by atoms with van der Waals surface area (Å²) in [6.07, 6.45) is 1.51. The number of furan rings is 1. The molecule has 7 heteroatoms. The van der Waals surface area contributed by atoms with E-state index in [1.807, 2.05) is 13.0 Å². The van der Waals surface area contributed by atoms with Gasteiger partial charge in [-0.15, -0.1) is 0 Å². The van der Waals surface area contributed by atoms with Crippen molar-refractivity contribution in [2.75, 3.05) is 0 Å². The molecule has 0 fully saturated rings. The van der Waals surface area contributed by atoms with Gasteiger partial charge in [-0.05, 0) is 50.1 Å². The van der Waals surface area contributed by atoms with Crippen LogP contribution in [0.4, 0.5) is 0 Å². The average Bonchev–Trinajstić information content (AvgIpc) is 3.00. The summed E-state index contributed by atoms with van der Waals surface area (Å²) in [7, 11) is -3.76. The number of nitrogens with one attached hydrogen (secondary N) is 2. The van der Waals surface area contributed by atoms with Gasteiger partial charge < -0.3 is 9.73 Å². The van der Waals surface area contributed by atoms with Gasteiger partial charge in [-0.3, -0.25) is 4.79 Å². The number of rotatable bonds is 6. The quantitative estimate of drug-likeness (QED) is 0.843. The lowest BCUT2D eigenvalue weighted by Crippen LogP contribution is -2.44. The molecular formula is C16H20N2O4S. The zero-order valence-electron chi connectivity index (χ0n) is 13.3. The first-order valence-electron chi connectivity index (χ1n) is 7.19. The van der Waals surface area contributed by atoms with Crippen LogP contribution in [0.15, 0.2) is 45.9 Å². The molecule has 1 aromatic heterocycles. The summed E-state index contributed by atoms with van der Waals surface area (Å²) >= 11 is 0. The molecule has 1 amide bonds. The molecule has 0 radical (unpaired) electrons. The Hall–Kier alpha value is -2.12. The molecule has 1 aromatic carbocycles. The summed E-state index contributed by atoms with van der Waals surface area (Å²) in [5.74, 6) is 0.179. The zero-order chi connectivity index (χ0) is 17.0. The lowest BCUT2D eigenvalue weighted by molar-refractivity contribution is -0.122. The van der Waals surface area contributed by atoms with E-state index in [9.17, 15) is 13.2 Å². The number of amides is 1. The monoisotopic (exact) mass is 336 g/mol. The van der Waals surface area contributed by atoms with E-state index in [2.05, 4.69) is 10.0 Å². The van der Waals surface area contributed by atoms with Crippen LogP contribution in [0.1, 0.15) is 23.8 Å². The SMILES string of the molecule is Cc1ccc(C)c(S(=O)(=O)N[C@H](C)C(=O)NCc2ccco2)c1. The van der Waals surface area contributed by atoms with Crippen LogP contribution in [0.25, 0.3) is 0 Å². The number of sulfonamides is 1. The molecular weight excluding hydrogens is 316 g/mol. The maximum absolute atomic E-state index is 12.4. The van der Waals surface area contributed by atoms with Gasteiger partial charge in [-0.2, -0.15) is 4.72 Å². The number of aryl methyl sites for hydroxylation is 2. The fourth-order valence-corrected chi connectivity index (χ4v) is 3.62. The predicted molar refractivity (Wildman–Crippen MR) is 86.3 cm³/mol. The molecule has 23 heavy (non-hydrogen) atoms. The van der Waals surface area contributed by atoms with Crippen LogP contribution in [0.3, 0.4) is 0 Å². The van der Waals surface area contributed by atoms with Gasteiger partial charge in [0.15, 0.2) is 0 Å². The van der Waals surface area contributed by atoms with Crippen LogP contribution < -0.4 is 10.0 Å². The fourth-order valence-electron chi connectivity index (χ4n) is 2.09. The third kappa shape index (κ3) is 4.43. The van der Waals surface area contributed by atoms with Crippen molar-refractivity contribution in [3.63, 3.8) is 0 Å². The van der Waals surface area contributed by atoms with Crippen LogP contribution in [0.5, 0.6) is 0 Å². The van der Waals surface area contributed by atoms with Crippen molar-refractivity contribution in [1.82, 2.24) is 10.0 Å². The summed E-state index contributed by atoms with van der Waals surface area (Å²) in [6.45, 7) is 5.25. The van der Waals surface area contributed by atoms with Gasteiger partial charge in [-0.25, -0.2) is 8.42 Å². The van der Waals surface area contributed by atoms with E-state index in [0.29, 0.717) is 11.3 Å². The van der Waals surface area contributed by atoms with E-state index in [0.717, 1.165) is 5.56 Å². The number of hydrogen-bond acceptors (Lipinski definition) is 4. The first kappa shape index (κ1) is 17.2. The van der Waals surface area contributed by atoms with E-state index >= 15 is 0 Å². The summed E-state index contributed by atoms with van der Waals surface area (Å²) < 4.78 is 32.4. The Morgan fingerprint density at radius 1 is 1.26 bits per heavy atom. The Balaban J connectivity index is 2.04. The van der Waals surface area contributed by atoms with E-state index in [1.54, 1.807) is 31.2 Å². The third-order valence-electron chi connectivity index (χ3n) is 3.38. The smallest absolute Gasteiger partial charge is 0.241 e. The van der Waals surface area contributed by atoms with Crippen molar-refractivity contribution in [3.05, 3.63) is 53.5 Å². The van der Waals surface area contributed by atoms with Gasteiger partial charge in [0.25, 0.3) is 0 Å². The van der Waals surface area contributed by atoms with Gasteiger partial charge in [0.2, 0.25) is 15.9 Å². The van der Waals surface area contributed by atoms with Crippen LogP contribution >= 0.6 is 0 Å².